The molecule has 10 rings (SSSR count). The number of carbonyl (C=O) groups excluding carboxylic acids is 7. The van der Waals surface area contributed by atoms with E-state index in [1.807, 2.05) is 189 Å². The van der Waals surface area contributed by atoms with Gasteiger partial charge in [-0.25, -0.2) is 14.4 Å². The van der Waals surface area contributed by atoms with E-state index in [2.05, 4.69) is 43.4 Å². The summed E-state index contributed by atoms with van der Waals surface area (Å²) in [6.07, 6.45) is 1.27. The highest BCUT2D eigenvalue weighted by molar-refractivity contribution is 7.97. The first-order valence-electron chi connectivity index (χ1n) is 32.6. The number of hydrogen-bond donors (Lipinski definition) is 4. The summed E-state index contributed by atoms with van der Waals surface area (Å²) in [5, 5.41) is 21.2. The minimum Gasteiger partial charge on any atom is -0.457 e. The molecule has 5 N–H and O–H groups in total. The van der Waals surface area contributed by atoms with Crippen molar-refractivity contribution in [3.05, 3.63) is 278 Å². The molecule has 98 heavy (non-hydrogen) atoms. The number of rotatable bonds is 27. The van der Waals surface area contributed by atoms with Crippen LogP contribution in [0.1, 0.15) is 58.5 Å². The van der Waals surface area contributed by atoms with Gasteiger partial charge in [0.2, 0.25) is 11.8 Å². The van der Waals surface area contributed by atoms with E-state index >= 15 is 0 Å². The lowest BCUT2D eigenvalue weighted by atomic mass is 9.79. The molecule has 8 aromatic rings. The van der Waals surface area contributed by atoms with E-state index in [4.69, 9.17) is 19.6 Å². The first-order valence-corrected chi connectivity index (χ1v) is 39.6. The minimum atomic E-state index is -3.16. The van der Waals surface area contributed by atoms with Crippen LogP contribution in [0.25, 0.3) is 0 Å². The monoisotopic (exact) mass is 1370 g/mol. The van der Waals surface area contributed by atoms with Gasteiger partial charge in [0.1, 0.15) is 24.0 Å². The van der Waals surface area contributed by atoms with E-state index in [0.717, 1.165) is 43.0 Å². The molecule has 0 aromatic heterocycles. The summed E-state index contributed by atoms with van der Waals surface area (Å²) in [6.45, 7) is 11.3. The zero-order valence-electron chi connectivity index (χ0n) is 56.1. The molecule has 0 bridgehead atoms. The maximum absolute atomic E-state index is 14.9. The molecule has 2 aliphatic rings. The molecule has 2 aliphatic heterocycles. The molecular formula is C79H85N5O11P2Si. The quantitative estimate of drug-likeness (QED) is 0.00944. The highest BCUT2D eigenvalue weighted by Gasteiger charge is 2.58. The van der Waals surface area contributed by atoms with E-state index in [9.17, 15) is 38.7 Å². The maximum atomic E-state index is 14.9. The number of nitrogens with two attached hydrogens (primary N) is 1. The van der Waals surface area contributed by atoms with Crippen LogP contribution in [-0.4, -0.2) is 120 Å². The van der Waals surface area contributed by atoms with Crippen LogP contribution in [-0.2, 0) is 46.2 Å². The number of β-lactam (4-membered cyclic amide) rings is 2. The molecular weight excluding hydrogens is 1280 g/mol. The summed E-state index contributed by atoms with van der Waals surface area (Å²) >= 11 is 0. The number of urea groups is 1. The van der Waals surface area contributed by atoms with Crippen molar-refractivity contribution in [2.45, 2.75) is 83.7 Å². The third kappa shape index (κ3) is 15.7. The fourth-order valence-corrected chi connectivity index (χ4v) is 23.1. The Bertz CT molecular complexity index is 4050. The first-order chi connectivity index (χ1) is 47.3. The number of Topliss-reactive ketones (excluding diaryl/α,β-unsaturated/α-hetero) is 2. The second-order valence-electron chi connectivity index (χ2n) is 24.8. The Morgan fingerprint density at radius 1 is 0.520 bits per heavy atom. The Morgan fingerprint density at radius 3 is 1.13 bits per heavy atom. The summed E-state index contributed by atoms with van der Waals surface area (Å²) < 4.78 is 18.2. The van der Waals surface area contributed by atoms with Gasteiger partial charge in [0.15, 0.2) is 19.9 Å². The van der Waals surface area contributed by atoms with E-state index in [1.165, 1.54) is 24.0 Å². The van der Waals surface area contributed by atoms with Gasteiger partial charge in [-0.3, -0.25) is 19.2 Å². The number of esters is 2. The van der Waals surface area contributed by atoms with Gasteiger partial charge in [0.05, 0.1) is 36.1 Å². The lowest BCUT2D eigenvalue weighted by molar-refractivity contribution is -0.157. The van der Waals surface area contributed by atoms with E-state index in [0.29, 0.717) is 24.2 Å². The average Bonchev–Trinajstić information content (AvgIpc) is 0.710. The molecule has 0 radical (unpaired) electrons. The second-order valence-corrected chi connectivity index (χ2v) is 35.9. The Hall–Kier alpha value is -9.57. The number of aliphatic hydroxyl groups excluding tert-OH is 1. The fraction of sp³-hybridized carbons (Fsp3) is 0.228. The van der Waals surface area contributed by atoms with Crippen molar-refractivity contribution in [1.82, 2.24) is 20.4 Å². The Labute approximate surface area is 575 Å². The summed E-state index contributed by atoms with van der Waals surface area (Å²) in [7, 11) is -0.586. The van der Waals surface area contributed by atoms with Crippen molar-refractivity contribution in [2.24, 2.45) is 17.6 Å². The van der Waals surface area contributed by atoms with Crippen LogP contribution in [0, 0.1) is 11.8 Å². The number of ketones is 2. The molecule has 2 saturated heterocycles. The second kappa shape index (κ2) is 33.1. The van der Waals surface area contributed by atoms with Crippen molar-refractivity contribution < 1.29 is 52.6 Å². The molecule has 0 aliphatic carbocycles. The van der Waals surface area contributed by atoms with Crippen molar-refractivity contribution in [3.8, 4) is 0 Å². The van der Waals surface area contributed by atoms with Crippen molar-refractivity contribution in [2.75, 3.05) is 20.3 Å². The van der Waals surface area contributed by atoms with Crippen molar-refractivity contribution in [1.29, 1.82) is 0 Å². The number of nitrogens with zero attached hydrogens (tertiary/aromatic N) is 2. The number of ether oxygens (including phenoxy) is 2. The third-order valence-electron chi connectivity index (χ3n) is 17.3. The van der Waals surface area contributed by atoms with E-state index in [1.54, 1.807) is 60.5 Å². The van der Waals surface area contributed by atoms with Crippen LogP contribution in [0.15, 0.2) is 256 Å². The molecule has 16 nitrogen and oxygen atoms in total. The number of hydrogen-bond acceptors (Lipinski definition) is 12. The highest BCUT2D eigenvalue weighted by Crippen LogP contribution is 2.52. The topological polar surface area (TPSA) is 224 Å². The molecule has 19 heteroatoms. The first kappa shape index (κ1) is 72.7. The van der Waals surface area contributed by atoms with Crippen LogP contribution in [0.3, 0.4) is 0 Å². The lowest BCUT2D eigenvalue weighted by Crippen LogP contribution is -2.69. The predicted molar refractivity (Wildman–Crippen MR) is 396 cm³/mol. The normalized spacial score (nSPS) is 16.4. The van der Waals surface area contributed by atoms with Crippen LogP contribution >= 0.6 is 13.8 Å². The molecule has 6 atom stereocenters. The van der Waals surface area contributed by atoms with Gasteiger partial charge in [-0.2, -0.15) is 0 Å². The van der Waals surface area contributed by atoms with E-state index in [-0.39, 0.29) is 60.4 Å². The van der Waals surface area contributed by atoms with Gasteiger partial charge in [-0.05, 0) is 76.4 Å². The number of nitrogens with one attached hydrogen (secondary N) is 2. The molecule has 2 fully saturated rings. The smallest absolute Gasteiger partial charge is 0.356 e. The van der Waals surface area contributed by atoms with Crippen LogP contribution in [0.4, 0.5) is 4.79 Å². The largest absolute Gasteiger partial charge is 0.457 e. The van der Waals surface area contributed by atoms with Gasteiger partial charge in [-0.1, -0.05) is 256 Å². The summed E-state index contributed by atoms with van der Waals surface area (Å²) in [6, 6.07) is 70.5. The zero-order chi connectivity index (χ0) is 70.2. The zero-order valence-corrected chi connectivity index (χ0v) is 58.9. The molecule has 8 aromatic carbocycles. The van der Waals surface area contributed by atoms with Gasteiger partial charge >= 0.3 is 18.0 Å². The van der Waals surface area contributed by atoms with Crippen LogP contribution < -0.4 is 48.2 Å². The highest BCUT2D eigenvalue weighted by atomic mass is 31.2. The molecule has 0 unspecified atom stereocenters. The van der Waals surface area contributed by atoms with Crippen LogP contribution in [0.5, 0.6) is 0 Å². The molecule has 506 valence electrons. The molecule has 0 spiro atoms. The maximum Gasteiger partial charge on any atom is 0.356 e. The lowest BCUT2D eigenvalue weighted by Gasteiger charge is -2.52. The number of aliphatic hydroxyl groups is 1. The number of carbonyl (C=O) groups is 7. The summed E-state index contributed by atoms with van der Waals surface area (Å²) in [5.41, 5.74) is 8.74. The Morgan fingerprint density at radius 2 is 0.837 bits per heavy atom. The molecule has 2 heterocycles. The third-order valence-corrected chi connectivity index (χ3v) is 26.9. The van der Waals surface area contributed by atoms with E-state index < -0.39 is 76.1 Å². The SMILES string of the molecule is C=CCOC(=O)C(N1C(=O)[C@H]([C@@H](C)O)[C@H]1CC(=O)c1ccc(CN)cc1)=P(c1ccccc1)(c1ccccc1)c1ccccc1.C=CCOC(=O)C(N1C(=O)[C@H]([C@@H](C)O[Si](C)(C)C)[C@H]1CC(=O)c1ccc(CNC(=O)NC)cc1)=P(c1ccccc1)(c1ccccc1)c1ccccc1. The van der Waals surface area contributed by atoms with Gasteiger partial charge in [0.25, 0.3) is 0 Å². The number of likely N-dealkylation sites (tertiary alicyclic amines) is 2. The van der Waals surface area contributed by atoms with Crippen LogP contribution in [0.2, 0.25) is 19.6 Å². The van der Waals surface area contributed by atoms with Gasteiger partial charge in [-0.15, -0.1) is 0 Å². The Kier molecular flexibility index (Phi) is 24.6. The minimum absolute atomic E-state index is 0.0533. The van der Waals surface area contributed by atoms with Gasteiger partial charge in [0, 0.05) is 57.9 Å². The summed E-state index contributed by atoms with van der Waals surface area (Å²) in [5.74, 6) is -4.02. The Balaban J connectivity index is 0.000000232. The molecule has 0 saturated carbocycles. The fourth-order valence-electron chi connectivity index (χ4n) is 13.0. The summed E-state index contributed by atoms with van der Waals surface area (Å²) in [4.78, 5) is 101. The van der Waals surface area contributed by atoms with Crippen molar-refractivity contribution >= 4 is 106 Å². The average molecular weight is 1370 g/mol. The predicted octanol–water partition coefficient (Wildman–Crippen LogP) is 9.39. The van der Waals surface area contributed by atoms with Crippen molar-refractivity contribution in [3.63, 3.8) is 0 Å². The van der Waals surface area contributed by atoms with Gasteiger partial charge < -0.3 is 45.2 Å². The number of amides is 4. The number of benzene rings is 8. The molecule has 4 amide bonds. The standard InChI is InChI=1S/C42H48N3O6PSi.C37H37N2O5P/c1-7-27-50-41(48)40(52(33-17-11-8-12-18-33,34-19-13-9-14-20-34)35-21-15-10-16-22-35)45-36(38(39(45)47)30(2)51-53(4,5)6)28-37(46)32-25-23-31(24-26-32)29-44-42(49)43-3;1-3-23-44-37(43)36(39-32(34(26(2)40)35(39)42)24-33(41)28-21-19-27(25-38)20-22-28)45(29-13-7-4-8-14-29,30-15-9-5-10-16-30)31-17-11-6-12-18-31/h7-26,30,36,38H,1,27-29H2,2-6H3,(H2,43,44,49);3-22,26,32,34,40H,1,23-25,38H2,2H3/t30-,36-,38-;26-,32-,34-/m11/s1.